The summed E-state index contributed by atoms with van der Waals surface area (Å²) in [6.45, 7) is -0.468. The Kier molecular flexibility index (Phi) is 1.89. The zero-order valence-electron chi connectivity index (χ0n) is 5.10. The molecule has 1 heterocycles. The first-order valence-corrected chi connectivity index (χ1v) is 2.84. The van der Waals surface area contributed by atoms with E-state index < -0.39 is 30.9 Å². The van der Waals surface area contributed by atoms with Crippen molar-refractivity contribution >= 4 is 5.97 Å². The van der Waals surface area contributed by atoms with Crippen LogP contribution in [0.5, 0.6) is 0 Å². The van der Waals surface area contributed by atoms with E-state index in [1.807, 2.05) is 0 Å². The van der Waals surface area contributed by atoms with Gasteiger partial charge in [0.15, 0.2) is 12.2 Å². The number of esters is 1. The second-order valence-corrected chi connectivity index (χ2v) is 2.09. The van der Waals surface area contributed by atoms with Crippen molar-refractivity contribution in [2.75, 3.05) is 6.61 Å². The van der Waals surface area contributed by atoms with Gasteiger partial charge in [0.1, 0.15) is 6.10 Å². The molecule has 1 aliphatic rings. The molecule has 10 heavy (non-hydrogen) atoms. The molecule has 0 amide bonds. The first-order valence-electron chi connectivity index (χ1n) is 2.84. The number of ether oxygens (including phenoxy) is 1. The van der Waals surface area contributed by atoms with Gasteiger partial charge >= 0.3 is 5.97 Å². The lowest BCUT2D eigenvalue weighted by Crippen LogP contribution is -2.32. The van der Waals surface area contributed by atoms with Crippen molar-refractivity contribution < 1.29 is 24.9 Å². The quantitative estimate of drug-likeness (QED) is 0.362. The summed E-state index contributed by atoms with van der Waals surface area (Å²) in [5.41, 5.74) is 0. The van der Waals surface area contributed by atoms with Crippen LogP contribution in [0.4, 0.5) is 0 Å². The van der Waals surface area contributed by atoms with E-state index in [4.69, 9.17) is 15.3 Å². The molecule has 0 saturated carbocycles. The van der Waals surface area contributed by atoms with Gasteiger partial charge < -0.3 is 20.1 Å². The number of aliphatic hydroxyl groups excluding tert-OH is 3. The normalized spacial score (nSPS) is 39.9. The topological polar surface area (TPSA) is 87.0 Å². The third-order valence-electron chi connectivity index (χ3n) is 1.39. The molecule has 1 rings (SSSR count). The van der Waals surface area contributed by atoms with Crippen LogP contribution in [0.15, 0.2) is 0 Å². The Morgan fingerprint density at radius 2 is 2.10 bits per heavy atom. The predicted octanol–water partition coefficient (Wildman–Crippen LogP) is -2.37. The van der Waals surface area contributed by atoms with Gasteiger partial charge in [-0.15, -0.1) is 0 Å². The van der Waals surface area contributed by atoms with E-state index in [0.717, 1.165) is 0 Å². The maximum absolute atomic E-state index is 10.4. The number of rotatable bonds is 1. The van der Waals surface area contributed by atoms with Crippen LogP contribution in [-0.4, -0.2) is 46.2 Å². The molecular weight excluding hydrogens is 140 g/mol. The third-order valence-corrected chi connectivity index (χ3v) is 1.39. The fourth-order valence-corrected chi connectivity index (χ4v) is 0.777. The van der Waals surface area contributed by atoms with Gasteiger partial charge in [-0.1, -0.05) is 0 Å². The maximum Gasteiger partial charge on any atom is 0.338 e. The SMILES string of the molecule is O=C1O[C@@H](CO)C(O)[C@@H]1O. The Morgan fingerprint density at radius 3 is 2.30 bits per heavy atom. The van der Waals surface area contributed by atoms with Crippen LogP contribution in [0.1, 0.15) is 0 Å². The van der Waals surface area contributed by atoms with Crippen molar-refractivity contribution in [3.8, 4) is 0 Å². The maximum atomic E-state index is 10.4. The zero-order valence-corrected chi connectivity index (χ0v) is 5.10. The van der Waals surface area contributed by atoms with E-state index in [9.17, 15) is 4.79 Å². The standard InChI is InChI=1S/C5H8O5/c6-1-2-3(7)4(8)5(9)10-2/h2-4,6-8H,1H2/t2-,3?,4-/m0/s1. The molecular formula is C5H8O5. The highest BCUT2D eigenvalue weighted by Crippen LogP contribution is 2.14. The smallest absolute Gasteiger partial charge is 0.338 e. The molecule has 3 N–H and O–H groups in total. The molecule has 1 fully saturated rings. The number of cyclic esters (lactones) is 1. The second kappa shape index (κ2) is 2.53. The summed E-state index contributed by atoms with van der Waals surface area (Å²) in [5.74, 6) is -0.883. The molecule has 5 nitrogen and oxygen atoms in total. The molecule has 0 aliphatic carbocycles. The molecule has 3 atom stereocenters. The summed E-state index contributed by atoms with van der Waals surface area (Å²) in [5, 5.41) is 26.0. The predicted molar refractivity (Wildman–Crippen MR) is 29.0 cm³/mol. The average Bonchev–Trinajstić information content (AvgIpc) is 2.17. The van der Waals surface area contributed by atoms with Crippen molar-refractivity contribution in [2.24, 2.45) is 0 Å². The molecule has 1 unspecified atom stereocenters. The van der Waals surface area contributed by atoms with Gasteiger partial charge in [-0.2, -0.15) is 0 Å². The largest absolute Gasteiger partial charge is 0.455 e. The minimum Gasteiger partial charge on any atom is -0.455 e. The Labute approximate surface area is 56.9 Å². The summed E-state index contributed by atoms with van der Waals surface area (Å²) in [7, 11) is 0. The van der Waals surface area contributed by atoms with Gasteiger partial charge in [-0.3, -0.25) is 0 Å². The van der Waals surface area contributed by atoms with E-state index in [1.54, 1.807) is 0 Å². The number of aliphatic hydroxyl groups is 3. The summed E-state index contributed by atoms with van der Waals surface area (Å²) in [6.07, 6.45) is -3.77. The molecule has 5 heteroatoms. The van der Waals surface area contributed by atoms with E-state index in [0.29, 0.717) is 0 Å². The van der Waals surface area contributed by atoms with Crippen molar-refractivity contribution in [1.29, 1.82) is 0 Å². The van der Waals surface area contributed by atoms with E-state index in [1.165, 1.54) is 0 Å². The highest BCUT2D eigenvalue weighted by atomic mass is 16.6. The summed E-state index contributed by atoms with van der Waals surface area (Å²) in [6, 6.07) is 0. The highest BCUT2D eigenvalue weighted by Gasteiger charge is 2.41. The van der Waals surface area contributed by atoms with Crippen LogP contribution in [0.2, 0.25) is 0 Å². The monoisotopic (exact) mass is 148 g/mol. The molecule has 0 aromatic rings. The Balaban J connectivity index is 2.61. The van der Waals surface area contributed by atoms with Gasteiger partial charge in [-0.05, 0) is 0 Å². The minimum atomic E-state index is -1.50. The Hall–Kier alpha value is -0.650. The summed E-state index contributed by atoms with van der Waals surface area (Å²) < 4.78 is 4.35. The van der Waals surface area contributed by atoms with Crippen LogP contribution in [0.3, 0.4) is 0 Å². The van der Waals surface area contributed by atoms with Gasteiger partial charge in [0, 0.05) is 0 Å². The Bertz CT molecular complexity index is 145. The van der Waals surface area contributed by atoms with Gasteiger partial charge in [0.2, 0.25) is 0 Å². The van der Waals surface area contributed by atoms with E-state index in [-0.39, 0.29) is 0 Å². The number of hydrogen-bond donors (Lipinski definition) is 3. The number of hydrogen-bond acceptors (Lipinski definition) is 5. The van der Waals surface area contributed by atoms with Gasteiger partial charge in [0.25, 0.3) is 0 Å². The highest BCUT2D eigenvalue weighted by molar-refractivity contribution is 5.77. The Morgan fingerprint density at radius 1 is 1.50 bits per heavy atom. The van der Waals surface area contributed by atoms with Crippen molar-refractivity contribution in [2.45, 2.75) is 18.3 Å². The second-order valence-electron chi connectivity index (χ2n) is 2.09. The number of carbonyl (C=O) groups excluding carboxylic acids is 1. The van der Waals surface area contributed by atoms with Crippen molar-refractivity contribution in [1.82, 2.24) is 0 Å². The summed E-state index contributed by atoms with van der Waals surface area (Å²) >= 11 is 0. The molecule has 58 valence electrons. The molecule has 0 aromatic heterocycles. The van der Waals surface area contributed by atoms with E-state index in [2.05, 4.69) is 4.74 Å². The van der Waals surface area contributed by atoms with E-state index >= 15 is 0 Å². The van der Waals surface area contributed by atoms with Crippen molar-refractivity contribution in [3.05, 3.63) is 0 Å². The van der Waals surface area contributed by atoms with Crippen LogP contribution >= 0.6 is 0 Å². The fourth-order valence-electron chi connectivity index (χ4n) is 0.777. The first kappa shape index (κ1) is 7.46. The molecule has 1 aliphatic heterocycles. The lowest BCUT2D eigenvalue weighted by atomic mass is 10.1. The fraction of sp³-hybridized carbons (Fsp3) is 0.800. The van der Waals surface area contributed by atoms with Crippen molar-refractivity contribution in [3.63, 3.8) is 0 Å². The molecule has 1 saturated heterocycles. The van der Waals surface area contributed by atoms with Crippen LogP contribution in [-0.2, 0) is 9.53 Å². The zero-order chi connectivity index (χ0) is 7.72. The number of carbonyl (C=O) groups is 1. The lowest BCUT2D eigenvalue weighted by molar-refractivity contribution is -0.148. The van der Waals surface area contributed by atoms with Crippen LogP contribution < -0.4 is 0 Å². The molecule has 0 spiro atoms. The molecule has 0 radical (unpaired) electrons. The van der Waals surface area contributed by atoms with Gasteiger partial charge in [0.05, 0.1) is 6.61 Å². The minimum absolute atomic E-state index is 0.468. The molecule has 0 aromatic carbocycles. The lowest BCUT2D eigenvalue weighted by Gasteiger charge is -2.08. The van der Waals surface area contributed by atoms with Crippen LogP contribution in [0.25, 0.3) is 0 Å². The summed E-state index contributed by atoms with van der Waals surface area (Å²) in [4.78, 5) is 10.4. The first-order chi connectivity index (χ1) is 4.66. The van der Waals surface area contributed by atoms with Gasteiger partial charge in [-0.25, -0.2) is 4.79 Å². The molecule has 0 bridgehead atoms. The third kappa shape index (κ3) is 0.985. The van der Waals surface area contributed by atoms with Crippen LogP contribution in [0, 0.1) is 0 Å². The average molecular weight is 148 g/mol.